The molecule has 1 aromatic carbocycles. The molecule has 0 saturated carbocycles. The molecule has 0 aromatic heterocycles. The molecular weight excluding hydrogens is 268 g/mol. The number of carbonyl (C=O) groups excluding carboxylic acids is 1. The number of hydrogen-bond donors (Lipinski definition) is 1. The van der Waals surface area contributed by atoms with Gasteiger partial charge in [-0.2, -0.15) is 11.8 Å². The highest BCUT2D eigenvalue weighted by atomic mass is 35.5. The maximum Gasteiger partial charge on any atom is 0.255 e. The van der Waals surface area contributed by atoms with Crippen LogP contribution in [0.2, 0.25) is 5.02 Å². The molecule has 1 aliphatic heterocycles. The molecule has 5 heteroatoms. The van der Waals surface area contributed by atoms with Crippen molar-refractivity contribution in [3.8, 4) is 0 Å². The Kier molecular flexibility index (Phi) is 4.07. The second-order valence-corrected chi connectivity index (χ2v) is 6.45. The van der Waals surface area contributed by atoms with Gasteiger partial charge >= 0.3 is 0 Å². The van der Waals surface area contributed by atoms with Crippen molar-refractivity contribution in [2.45, 2.75) is 25.1 Å². The Morgan fingerprint density at radius 3 is 2.89 bits per heavy atom. The molecular formula is C13H17ClN2OS. The summed E-state index contributed by atoms with van der Waals surface area (Å²) in [5, 5.41) is 0.883. The third-order valence-electron chi connectivity index (χ3n) is 3.37. The highest BCUT2D eigenvalue weighted by molar-refractivity contribution is 8.00. The summed E-state index contributed by atoms with van der Waals surface area (Å²) in [6.45, 7) is 5.01. The van der Waals surface area contributed by atoms with Crippen molar-refractivity contribution in [2.75, 3.05) is 18.0 Å². The van der Waals surface area contributed by atoms with Crippen LogP contribution in [0.15, 0.2) is 18.2 Å². The number of nitrogens with zero attached hydrogens (tertiary/aromatic N) is 1. The monoisotopic (exact) mass is 284 g/mol. The summed E-state index contributed by atoms with van der Waals surface area (Å²) in [5.41, 5.74) is 6.76. The predicted molar refractivity (Wildman–Crippen MR) is 78.3 cm³/mol. The lowest BCUT2D eigenvalue weighted by molar-refractivity contribution is 0.0698. The van der Waals surface area contributed by atoms with Crippen LogP contribution in [0.4, 0.5) is 5.69 Å². The number of anilines is 1. The molecule has 0 radical (unpaired) electrons. The lowest BCUT2D eigenvalue weighted by Crippen LogP contribution is -2.48. The van der Waals surface area contributed by atoms with E-state index in [-0.39, 0.29) is 11.9 Å². The van der Waals surface area contributed by atoms with E-state index in [1.54, 1.807) is 18.2 Å². The van der Waals surface area contributed by atoms with Crippen molar-refractivity contribution >= 4 is 35.0 Å². The topological polar surface area (TPSA) is 46.3 Å². The zero-order valence-corrected chi connectivity index (χ0v) is 12.1. The van der Waals surface area contributed by atoms with Gasteiger partial charge in [0.15, 0.2) is 0 Å². The van der Waals surface area contributed by atoms with Gasteiger partial charge in [0, 0.05) is 29.3 Å². The van der Waals surface area contributed by atoms with E-state index in [0.29, 0.717) is 21.5 Å². The Balaban J connectivity index is 2.25. The molecule has 1 fully saturated rings. The first kappa shape index (κ1) is 13.6. The molecule has 0 spiro atoms. The first-order valence-corrected chi connectivity index (χ1v) is 7.41. The van der Waals surface area contributed by atoms with E-state index in [9.17, 15) is 4.79 Å². The standard InChI is InChI=1S/C13H17ClN2OS/c1-8-9(2)18-6-5-16(8)13(17)11-4-3-10(15)7-12(11)14/h3-4,7-9H,5-6,15H2,1-2H3. The SMILES string of the molecule is CC1SCCN(C(=O)c2ccc(N)cc2Cl)C1C. The van der Waals surface area contributed by atoms with Gasteiger partial charge < -0.3 is 10.6 Å². The average molecular weight is 285 g/mol. The van der Waals surface area contributed by atoms with E-state index in [1.165, 1.54) is 0 Å². The number of amides is 1. The van der Waals surface area contributed by atoms with Gasteiger partial charge in [-0.15, -0.1) is 0 Å². The molecule has 1 aromatic rings. The largest absolute Gasteiger partial charge is 0.399 e. The van der Waals surface area contributed by atoms with E-state index in [4.69, 9.17) is 17.3 Å². The Morgan fingerprint density at radius 2 is 2.22 bits per heavy atom. The Morgan fingerprint density at radius 1 is 1.50 bits per heavy atom. The molecule has 1 aliphatic rings. The summed E-state index contributed by atoms with van der Waals surface area (Å²) in [6.07, 6.45) is 0. The molecule has 1 saturated heterocycles. The van der Waals surface area contributed by atoms with E-state index in [0.717, 1.165) is 12.3 Å². The Hall–Kier alpha value is -0.870. The summed E-state index contributed by atoms with van der Waals surface area (Å²) in [5.74, 6) is 0.976. The minimum atomic E-state index is -0.000324. The molecule has 3 nitrogen and oxygen atoms in total. The first-order valence-electron chi connectivity index (χ1n) is 5.98. The van der Waals surface area contributed by atoms with Gasteiger partial charge in [-0.05, 0) is 25.1 Å². The summed E-state index contributed by atoms with van der Waals surface area (Å²) in [7, 11) is 0. The fraction of sp³-hybridized carbons (Fsp3) is 0.462. The molecule has 1 heterocycles. The van der Waals surface area contributed by atoms with Crippen LogP contribution in [0.25, 0.3) is 0 Å². The molecule has 18 heavy (non-hydrogen) atoms. The molecule has 2 atom stereocenters. The maximum atomic E-state index is 12.5. The Labute approximate surface area is 117 Å². The minimum Gasteiger partial charge on any atom is -0.399 e. The summed E-state index contributed by atoms with van der Waals surface area (Å²) in [4.78, 5) is 14.4. The van der Waals surface area contributed by atoms with E-state index >= 15 is 0 Å². The van der Waals surface area contributed by atoms with Crippen molar-refractivity contribution in [2.24, 2.45) is 0 Å². The van der Waals surface area contributed by atoms with Gasteiger partial charge in [-0.25, -0.2) is 0 Å². The van der Waals surface area contributed by atoms with Gasteiger partial charge in [0.25, 0.3) is 5.91 Å². The molecule has 0 bridgehead atoms. The molecule has 0 aliphatic carbocycles. The number of hydrogen-bond acceptors (Lipinski definition) is 3. The van der Waals surface area contributed by atoms with Crippen LogP contribution in [-0.2, 0) is 0 Å². The molecule has 2 rings (SSSR count). The summed E-state index contributed by atoms with van der Waals surface area (Å²) in [6, 6.07) is 5.27. The van der Waals surface area contributed by atoms with Crippen LogP contribution < -0.4 is 5.73 Å². The number of nitrogen functional groups attached to an aromatic ring is 1. The highest BCUT2D eigenvalue weighted by Crippen LogP contribution is 2.28. The van der Waals surface area contributed by atoms with Crippen LogP contribution in [0.3, 0.4) is 0 Å². The zero-order chi connectivity index (χ0) is 13.3. The third-order valence-corrected chi connectivity index (χ3v) is 5.02. The highest BCUT2D eigenvalue weighted by Gasteiger charge is 2.30. The number of benzene rings is 1. The number of rotatable bonds is 1. The quantitative estimate of drug-likeness (QED) is 0.807. The summed E-state index contributed by atoms with van der Waals surface area (Å²) >= 11 is 8.00. The van der Waals surface area contributed by atoms with Crippen molar-refractivity contribution in [3.05, 3.63) is 28.8 Å². The molecule has 1 amide bonds. The van der Waals surface area contributed by atoms with Gasteiger partial charge in [0.2, 0.25) is 0 Å². The fourth-order valence-electron chi connectivity index (χ4n) is 2.08. The van der Waals surface area contributed by atoms with Gasteiger partial charge in [-0.3, -0.25) is 4.79 Å². The van der Waals surface area contributed by atoms with Crippen LogP contribution in [-0.4, -0.2) is 34.4 Å². The van der Waals surface area contributed by atoms with E-state index < -0.39 is 0 Å². The number of nitrogens with two attached hydrogens (primary N) is 1. The van der Waals surface area contributed by atoms with Crippen LogP contribution >= 0.6 is 23.4 Å². The van der Waals surface area contributed by atoms with Crippen molar-refractivity contribution in [1.29, 1.82) is 0 Å². The van der Waals surface area contributed by atoms with Gasteiger partial charge in [0.1, 0.15) is 0 Å². The van der Waals surface area contributed by atoms with Crippen molar-refractivity contribution in [1.82, 2.24) is 4.90 Å². The second kappa shape index (κ2) is 5.41. The van der Waals surface area contributed by atoms with Crippen LogP contribution in [0, 0.1) is 0 Å². The minimum absolute atomic E-state index is 0.000324. The lowest BCUT2D eigenvalue weighted by Gasteiger charge is -2.37. The summed E-state index contributed by atoms with van der Waals surface area (Å²) < 4.78 is 0. The number of thioether (sulfide) groups is 1. The van der Waals surface area contributed by atoms with Gasteiger partial charge in [0.05, 0.1) is 10.6 Å². The van der Waals surface area contributed by atoms with Gasteiger partial charge in [-0.1, -0.05) is 18.5 Å². The predicted octanol–water partition coefficient (Wildman–Crippen LogP) is 2.89. The third kappa shape index (κ3) is 2.59. The normalized spacial score (nSPS) is 24.1. The van der Waals surface area contributed by atoms with Crippen molar-refractivity contribution in [3.63, 3.8) is 0 Å². The number of carbonyl (C=O) groups is 1. The molecule has 98 valence electrons. The second-order valence-electron chi connectivity index (χ2n) is 4.55. The van der Waals surface area contributed by atoms with Crippen LogP contribution in [0.5, 0.6) is 0 Å². The maximum absolute atomic E-state index is 12.5. The average Bonchev–Trinajstić information content (AvgIpc) is 2.32. The zero-order valence-electron chi connectivity index (χ0n) is 10.5. The molecule has 2 N–H and O–H groups in total. The smallest absolute Gasteiger partial charge is 0.255 e. The first-order chi connectivity index (χ1) is 8.50. The van der Waals surface area contributed by atoms with E-state index in [2.05, 4.69) is 13.8 Å². The number of halogens is 1. The Bertz CT molecular complexity index is 466. The van der Waals surface area contributed by atoms with Crippen LogP contribution in [0.1, 0.15) is 24.2 Å². The van der Waals surface area contributed by atoms with E-state index in [1.807, 2.05) is 16.7 Å². The fourth-order valence-corrected chi connectivity index (χ4v) is 3.45. The van der Waals surface area contributed by atoms with Crippen molar-refractivity contribution < 1.29 is 4.79 Å². The molecule has 2 unspecified atom stereocenters. The lowest BCUT2D eigenvalue weighted by atomic mass is 10.1.